The van der Waals surface area contributed by atoms with Crippen LogP contribution >= 0.6 is 11.6 Å². The summed E-state index contributed by atoms with van der Waals surface area (Å²) in [6, 6.07) is 9.33. The SMILES string of the molecule is COc1cc(OCCCCCCl)c2ccccc2c1O. The second-order valence-electron chi connectivity index (χ2n) is 4.57. The maximum atomic E-state index is 10.1. The zero-order valence-corrected chi connectivity index (χ0v) is 12.3. The van der Waals surface area contributed by atoms with Crippen molar-refractivity contribution < 1.29 is 14.6 Å². The quantitative estimate of drug-likeness (QED) is 0.610. The number of unbranched alkanes of at least 4 members (excludes halogenated alkanes) is 2. The molecule has 4 heteroatoms. The Morgan fingerprint density at radius 3 is 2.50 bits per heavy atom. The second kappa shape index (κ2) is 7.25. The number of methoxy groups -OCH3 is 1. The van der Waals surface area contributed by atoms with E-state index in [-0.39, 0.29) is 5.75 Å². The number of ether oxygens (including phenoxy) is 2. The molecule has 0 aliphatic rings. The van der Waals surface area contributed by atoms with Crippen LogP contribution in [0, 0.1) is 0 Å². The average Bonchev–Trinajstić information content (AvgIpc) is 2.49. The van der Waals surface area contributed by atoms with Crippen LogP contribution in [0.1, 0.15) is 19.3 Å². The van der Waals surface area contributed by atoms with E-state index >= 15 is 0 Å². The fraction of sp³-hybridized carbons (Fsp3) is 0.375. The van der Waals surface area contributed by atoms with Gasteiger partial charge in [-0.1, -0.05) is 24.3 Å². The Balaban J connectivity index is 2.21. The minimum Gasteiger partial charge on any atom is -0.504 e. The Morgan fingerprint density at radius 1 is 1.05 bits per heavy atom. The number of phenolic OH excluding ortho intramolecular Hbond substituents is 1. The standard InChI is InChI=1S/C16H19ClO3/c1-19-15-11-14(20-10-6-2-5-9-17)12-7-3-4-8-13(12)16(15)18/h3-4,7-8,11,18H,2,5-6,9-10H2,1H3. The molecule has 0 radical (unpaired) electrons. The lowest BCUT2D eigenvalue weighted by Crippen LogP contribution is -1.99. The molecule has 0 unspecified atom stereocenters. The highest BCUT2D eigenvalue weighted by molar-refractivity contribution is 6.17. The molecule has 0 aliphatic carbocycles. The first-order valence-corrected chi connectivity index (χ1v) is 7.29. The monoisotopic (exact) mass is 294 g/mol. The van der Waals surface area contributed by atoms with Gasteiger partial charge in [0.25, 0.3) is 0 Å². The summed E-state index contributed by atoms with van der Waals surface area (Å²) in [4.78, 5) is 0. The van der Waals surface area contributed by atoms with Crippen LogP contribution in [0.4, 0.5) is 0 Å². The second-order valence-corrected chi connectivity index (χ2v) is 4.95. The fourth-order valence-corrected chi connectivity index (χ4v) is 2.32. The van der Waals surface area contributed by atoms with E-state index in [0.29, 0.717) is 18.2 Å². The zero-order valence-electron chi connectivity index (χ0n) is 11.6. The number of halogens is 1. The van der Waals surface area contributed by atoms with E-state index in [0.717, 1.165) is 35.8 Å². The minimum atomic E-state index is 0.151. The number of aromatic hydroxyl groups is 1. The van der Waals surface area contributed by atoms with Gasteiger partial charge in [-0.2, -0.15) is 0 Å². The van der Waals surface area contributed by atoms with Crippen molar-refractivity contribution in [2.75, 3.05) is 19.6 Å². The third kappa shape index (κ3) is 3.28. The number of rotatable bonds is 7. The van der Waals surface area contributed by atoms with Gasteiger partial charge in [0.05, 0.1) is 13.7 Å². The molecule has 0 bridgehead atoms. The van der Waals surface area contributed by atoms with Crippen LogP contribution in [0.3, 0.4) is 0 Å². The maximum absolute atomic E-state index is 10.1. The van der Waals surface area contributed by atoms with E-state index in [1.54, 1.807) is 6.07 Å². The summed E-state index contributed by atoms with van der Waals surface area (Å²) < 4.78 is 11.0. The number of phenols is 1. The minimum absolute atomic E-state index is 0.151. The first-order valence-electron chi connectivity index (χ1n) is 6.75. The Bertz CT molecular complexity index is 569. The number of benzene rings is 2. The number of hydrogen-bond donors (Lipinski definition) is 1. The summed E-state index contributed by atoms with van der Waals surface area (Å²) >= 11 is 5.65. The molecule has 0 aromatic heterocycles. The van der Waals surface area contributed by atoms with Crippen LogP contribution in [0.2, 0.25) is 0 Å². The molecule has 0 atom stereocenters. The van der Waals surface area contributed by atoms with Crippen molar-refractivity contribution in [2.24, 2.45) is 0 Å². The fourth-order valence-electron chi connectivity index (χ4n) is 2.13. The summed E-state index contributed by atoms with van der Waals surface area (Å²) in [6.07, 6.45) is 3.02. The van der Waals surface area contributed by atoms with Crippen LogP contribution in [-0.2, 0) is 0 Å². The van der Waals surface area contributed by atoms with Gasteiger partial charge in [0.1, 0.15) is 5.75 Å². The molecule has 0 spiro atoms. The summed E-state index contributed by atoms with van der Waals surface area (Å²) in [7, 11) is 1.54. The van der Waals surface area contributed by atoms with Crippen molar-refractivity contribution in [3.63, 3.8) is 0 Å². The average molecular weight is 295 g/mol. The Morgan fingerprint density at radius 2 is 1.80 bits per heavy atom. The molecule has 3 nitrogen and oxygen atoms in total. The predicted octanol–water partition coefficient (Wildman–Crippen LogP) is 4.34. The Labute approximate surface area is 124 Å². The molecule has 0 fully saturated rings. The molecule has 0 heterocycles. The van der Waals surface area contributed by atoms with Gasteiger partial charge in [0.2, 0.25) is 0 Å². The summed E-state index contributed by atoms with van der Waals surface area (Å²) in [5.74, 6) is 2.01. The molecular formula is C16H19ClO3. The normalized spacial score (nSPS) is 10.7. The third-order valence-corrected chi connectivity index (χ3v) is 3.47. The van der Waals surface area contributed by atoms with Gasteiger partial charge < -0.3 is 14.6 Å². The number of hydrogen-bond acceptors (Lipinski definition) is 3. The van der Waals surface area contributed by atoms with Crippen LogP contribution in [0.5, 0.6) is 17.2 Å². The lowest BCUT2D eigenvalue weighted by Gasteiger charge is -2.13. The van der Waals surface area contributed by atoms with Crippen molar-refractivity contribution in [1.82, 2.24) is 0 Å². The van der Waals surface area contributed by atoms with Crippen molar-refractivity contribution >= 4 is 22.4 Å². The van der Waals surface area contributed by atoms with E-state index in [1.807, 2.05) is 24.3 Å². The van der Waals surface area contributed by atoms with Crippen molar-refractivity contribution in [3.05, 3.63) is 30.3 Å². The highest BCUT2D eigenvalue weighted by Crippen LogP contribution is 2.40. The molecule has 20 heavy (non-hydrogen) atoms. The van der Waals surface area contributed by atoms with E-state index < -0.39 is 0 Å². The highest BCUT2D eigenvalue weighted by Gasteiger charge is 2.12. The smallest absolute Gasteiger partial charge is 0.165 e. The topological polar surface area (TPSA) is 38.7 Å². The van der Waals surface area contributed by atoms with Gasteiger partial charge in [-0.15, -0.1) is 11.6 Å². The van der Waals surface area contributed by atoms with Crippen molar-refractivity contribution in [3.8, 4) is 17.2 Å². The van der Waals surface area contributed by atoms with Crippen LogP contribution in [0.15, 0.2) is 30.3 Å². The first kappa shape index (κ1) is 14.8. The lowest BCUT2D eigenvalue weighted by molar-refractivity contribution is 0.306. The molecule has 2 aromatic rings. The number of fused-ring (bicyclic) bond motifs is 1. The zero-order chi connectivity index (χ0) is 14.4. The lowest BCUT2D eigenvalue weighted by atomic mass is 10.1. The van der Waals surface area contributed by atoms with Gasteiger partial charge in [-0.25, -0.2) is 0 Å². The summed E-state index contributed by atoms with van der Waals surface area (Å²) in [6.45, 7) is 0.634. The third-order valence-electron chi connectivity index (χ3n) is 3.20. The Kier molecular flexibility index (Phi) is 5.36. The van der Waals surface area contributed by atoms with Crippen LogP contribution < -0.4 is 9.47 Å². The van der Waals surface area contributed by atoms with E-state index in [2.05, 4.69) is 0 Å². The van der Waals surface area contributed by atoms with E-state index in [9.17, 15) is 5.11 Å². The van der Waals surface area contributed by atoms with Gasteiger partial charge in [-0.3, -0.25) is 0 Å². The van der Waals surface area contributed by atoms with Gasteiger partial charge in [0.15, 0.2) is 11.5 Å². The van der Waals surface area contributed by atoms with E-state index in [1.165, 1.54) is 7.11 Å². The molecule has 0 saturated heterocycles. The maximum Gasteiger partial charge on any atom is 0.165 e. The largest absolute Gasteiger partial charge is 0.504 e. The summed E-state index contributed by atoms with van der Waals surface area (Å²) in [5.41, 5.74) is 0. The summed E-state index contributed by atoms with van der Waals surface area (Å²) in [5, 5.41) is 11.8. The molecular weight excluding hydrogens is 276 g/mol. The van der Waals surface area contributed by atoms with Gasteiger partial charge in [0, 0.05) is 22.7 Å². The van der Waals surface area contributed by atoms with Gasteiger partial charge in [-0.05, 0) is 19.3 Å². The highest BCUT2D eigenvalue weighted by atomic mass is 35.5. The molecule has 2 aromatic carbocycles. The number of alkyl halides is 1. The van der Waals surface area contributed by atoms with Crippen molar-refractivity contribution in [1.29, 1.82) is 0 Å². The molecule has 0 aliphatic heterocycles. The molecule has 0 amide bonds. The molecule has 1 N–H and O–H groups in total. The molecule has 2 rings (SSSR count). The van der Waals surface area contributed by atoms with Crippen LogP contribution in [0.25, 0.3) is 10.8 Å². The predicted molar refractivity (Wildman–Crippen MR) is 82.2 cm³/mol. The van der Waals surface area contributed by atoms with Crippen LogP contribution in [-0.4, -0.2) is 24.7 Å². The van der Waals surface area contributed by atoms with Gasteiger partial charge >= 0.3 is 0 Å². The first-order chi connectivity index (χ1) is 9.77. The van der Waals surface area contributed by atoms with E-state index in [4.69, 9.17) is 21.1 Å². The Hall–Kier alpha value is -1.61. The molecule has 108 valence electrons. The molecule has 0 saturated carbocycles. The van der Waals surface area contributed by atoms with Crippen molar-refractivity contribution in [2.45, 2.75) is 19.3 Å².